The van der Waals surface area contributed by atoms with Gasteiger partial charge in [-0.25, -0.2) is 0 Å². The van der Waals surface area contributed by atoms with Crippen LogP contribution in [0.15, 0.2) is 24.3 Å². The molecule has 0 radical (unpaired) electrons. The summed E-state index contributed by atoms with van der Waals surface area (Å²) in [5, 5.41) is 3.43. The molecule has 4 nitrogen and oxygen atoms in total. The molecule has 1 N–H and O–H groups in total. The fourth-order valence-corrected chi connectivity index (χ4v) is 3.58. The summed E-state index contributed by atoms with van der Waals surface area (Å²) in [6, 6.07) is 7.86. The Labute approximate surface area is 126 Å². The van der Waals surface area contributed by atoms with Gasteiger partial charge in [-0.3, -0.25) is 4.79 Å². The molecular weight excluding hydrogens is 264 g/mol. The first kappa shape index (κ1) is 14.4. The maximum atomic E-state index is 12.8. The van der Waals surface area contributed by atoms with Gasteiger partial charge in [0.2, 0.25) is 0 Å². The number of benzene rings is 1. The largest absolute Gasteiger partial charge is 0.491 e. The smallest absolute Gasteiger partial charge is 0.254 e. The lowest BCUT2D eigenvalue weighted by atomic mass is 9.95. The SMILES string of the molecule is CC(C)Oc1cccc(C(=O)N2CC3CNCC3C2C)c1. The van der Waals surface area contributed by atoms with Crippen LogP contribution in [0.1, 0.15) is 31.1 Å². The van der Waals surface area contributed by atoms with E-state index in [1.807, 2.05) is 43.0 Å². The molecule has 4 heteroatoms. The second-order valence-corrected chi connectivity index (χ2v) is 6.47. The standard InChI is InChI=1S/C17H24N2O2/c1-11(2)21-15-6-4-5-13(7-15)17(20)19-10-14-8-18-9-16(14)12(19)3/h4-7,11-12,14,16,18H,8-10H2,1-3H3. The molecule has 2 aliphatic rings. The van der Waals surface area contributed by atoms with Crippen LogP contribution in [0.4, 0.5) is 0 Å². The van der Waals surface area contributed by atoms with E-state index >= 15 is 0 Å². The van der Waals surface area contributed by atoms with Gasteiger partial charge in [0.1, 0.15) is 5.75 Å². The Kier molecular flexibility index (Phi) is 3.89. The van der Waals surface area contributed by atoms with Crippen molar-refractivity contribution < 1.29 is 9.53 Å². The number of hydrogen-bond acceptors (Lipinski definition) is 3. The highest BCUT2D eigenvalue weighted by Gasteiger charge is 2.43. The molecule has 114 valence electrons. The van der Waals surface area contributed by atoms with Crippen LogP contribution in [-0.4, -0.2) is 42.6 Å². The van der Waals surface area contributed by atoms with Crippen LogP contribution in [0.5, 0.6) is 5.75 Å². The van der Waals surface area contributed by atoms with Crippen molar-refractivity contribution in [3.05, 3.63) is 29.8 Å². The van der Waals surface area contributed by atoms with Crippen molar-refractivity contribution in [1.82, 2.24) is 10.2 Å². The second kappa shape index (κ2) is 5.68. The van der Waals surface area contributed by atoms with Gasteiger partial charge in [0.25, 0.3) is 5.91 Å². The molecule has 0 spiro atoms. The zero-order chi connectivity index (χ0) is 15.0. The highest BCUT2D eigenvalue weighted by atomic mass is 16.5. The molecule has 2 heterocycles. The fourth-order valence-electron chi connectivity index (χ4n) is 3.58. The molecule has 21 heavy (non-hydrogen) atoms. The third-order valence-electron chi connectivity index (χ3n) is 4.65. The Balaban J connectivity index is 1.76. The second-order valence-electron chi connectivity index (χ2n) is 6.47. The van der Waals surface area contributed by atoms with E-state index in [4.69, 9.17) is 4.74 Å². The summed E-state index contributed by atoms with van der Waals surface area (Å²) in [7, 11) is 0. The molecule has 2 fully saturated rings. The Morgan fingerprint density at radius 2 is 2.19 bits per heavy atom. The summed E-state index contributed by atoms with van der Waals surface area (Å²) < 4.78 is 5.69. The fraction of sp³-hybridized carbons (Fsp3) is 0.588. The average Bonchev–Trinajstić information content (AvgIpc) is 3.01. The molecule has 1 amide bonds. The van der Waals surface area contributed by atoms with Gasteiger partial charge in [0.15, 0.2) is 0 Å². The molecule has 2 saturated heterocycles. The molecule has 0 saturated carbocycles. The lowest BCUT2D eigenvalue weighted by Gasteiger charge is -2.24. The van der Waals surface area contributed by atoms with Crippen LogP contribution in [0.25, 0.3) is 0 Å². The first-order valence-corrected chi connectivity index (χ1v) is 7.84. The minimum absolute atomic E-state index is 0.117. The van der Waals surface area contributed by atoms with Crippen LogP contribution in [-0.2, 0) is 0 Å². The first-order chi connectivity index (χ1) is 10.1. The number of rotatable bonds is 3. The number of nitrogens with one attached hydrogen (secondary N) is 1. The molecule has 2 aliphatic heterocycles. The van der Waals surface area contributed by atoms with E-state index in [9.17, 15) is 4.79 Å². The van der Waals surface area contributed by atoms with Gasteiger partial charge >= 0.3 is 0 Å². The third-order valence-corrected chi connectivity index (χ3v) is 4.65. The van der Waals surface area contributed by atoms with Crippen LogP contribution in [0.2, 0.25) is 0 Å². The van der Waals surface area contributed by atoms with Gasteiger partial charge in [-0.1, -0.05) is 6.07 Å². The molecule has 0 aliphatic carbocycles. The van der Waals surface area contributed by atoms with Crippen molar-refractivity contribution in [3.8, 4) is 5.75 Å². The normalized spacial score (nSPS) is 28.0. The van der Waals surface area contributed by atoms with E-state index in [2.05, 4.69) is 12.2 Å². The third kappa shape index (κ3) is 2.77. The monoisotopic (exact) mass is 288 g/mol. The Morgan fingerprint density at radius 3 is 2.90 bits per heavy atom. The van der Waals surface area contributed by atoms with E-state index in [1.165, 1.54) is 0 Å². The highest BCUT2D eigenvalue weighted by molar-refractivity contribution is 5.95. The van der Waals surface area contributed by atoms with Crippen LogP contribution < -0.4 is 10.1 Å². The molecule has 0 bridgehead atoms. The predicted molar refractivity (Wildman–Crippen MR) is 82.6 cm³/mol. The molecule has 1 aromatic rings. The lowest BCUT2D eigenvalue weighted by Crippen LogP contribution is -2.38. The molecule has 0 aromatic heterocycles. The number of ether oxygens (including phenoxy) is 1. The topological polar surface area (TPSA) is 41.6 Å². The van der Waals surface area contributed by atoms with Crippen LogP contribution in [0.3, 0.4) is 0 Å². The number of amides is 1. The summed E-state index contributed by atoms with van der Waals surface area (Å²) >= 11 is 0. The van der Waals surface area contributed by atoms with E-state index in [-0.39, 0.29) is 12.0 Å². The van der Waals surface area contributed by atoms with Gasteiger partial charge in [0.05, 0.1) is 6.10 Å². The van der Waals surface area contributed by atoms with Crippen molar-refractivity contribution >= 4 is 5.91 Å². The Bertz CT molecular complexity index is 529. The predicted octanol–water partition coefficient (Wildman–Crippen LogP) is 2.15. The molecule has 1 aromatic carbocycles. The minimum Gasteiger partial charge on any atom is -0.491 e. The zero-order valence-corrected chi connectivity index (χ0v) is 13.0. The molecular formula is C17H24N2O2. The average molecular weight is 288 g/mol. The van der Waals surface area contributed by atoms with Gasteiger partial charge in [0, 0.05) is 31.2 Å². The number of hydrogen-bond donors (Lipinski definition) is 1. The van der Waals surface area contributed by atoms with Crippen molar-refractivity contribution in [1.29, 1.82) is 0 Å². The Hall–Kier alpha value is -1.55. The van der Waals surface area contributed by atoms with Crippen LogP contribution >= 0.6 is 0 Å². The number of nitrogens with zero attached hydrogens (tertiary/aromatic N) is 1. The Morgan fingerprint density at radius 1 is 1.38 bits per heavy atom. The van der Waals surface area contributed by atoms with Crippen molar-refractivity contribution in [2.24, 2.45) is 11.8 Å². The van der Waals surface area contributed by atoms with Gasteiger partial charge in [-0.2, -0.15) is 0 Å². The van der Waals surface area contributed by atoms with Crippen molar-refractivity contribution in [2.75, 3.05) is 19.6 Å². The maximum Gasteiger partial charge on any atom is 0.254 e. The summed E-state index contributed by atoms with van der Waals surface area (Å²) in [5.74, 6) is 2.11. The zero-order valence-electron chi connectivity index (χ0n) is 13.0. The van der Waals surface area contributed by atoms with Crippen molar-refractivity contribution in [2.45, 2.75) is 32.9 Å². The highest BCUT2D eigenvalue weighted by Crippen LogP contribution is 2.33. The number of carbonyl (C=O) groups is 1. The summed E-state index contributed by atoms with van der Waals surface area (Å²) in [5.41, 5.74) is 0.730. The van der Waals surface area contributed by atoms with E-state index < -0.39 is 0 Å². The summed E-state index contributed by atoms with van der Waals surface area (Å²) in [6.45, 7) is 9.09. The van der Waals surface area contributed by atoms with Gasteiger partial charge in [-0.05, 0) is 50.8 Å². The first-order valence-electron chi connectivity index (χ1n) is 7.84. The number of likely N-dealkylation sites (tertiary alicyclic amines) is 1. The molecule has 3 rings (SSSR count). The minimum atomic E-state index is 0.117. The summed E-state index contributed by atoms with van der Waals surface area (Å²) in [4.78, 5) is 14.8. The number of carbonyl (C=O) groups excluding carboxylic acids is 1. The number of fused-ring (bicyclic) bond motifs is 1. The lowest BCUT2D eigenvalue weighted by molar-refractivity contribution is 0.0728. The molecule has 3 atom stereocenters. The summed E-state index contributed by atoms with van der Waals surface area (Å²) in [6.07, 6.45) is 0.117. The van der Waals surface area contributed by atoms with Crippen molar-refractivity contribution in [3.63, 3.8) is 0 Å². The van der Waals surface area contributed by atoms with Crippen LogP contribution in [0, 0.1) is 11.8 Å². The van der Waals surface area contributed by atoms with E-state index in [0.29, 0.717) is 17.9 Å². The van der Waals surface area contributed by atoms with E-state index in [0.717, 1.165) is 30.9 Å². The van der Waals surface area contributed by atoms with Gasteiger partial charge < -0.3 is 15.0 Å². The quantitative estimate of drug-likeness (QED) is 0.926. The van der Waals surface area contributed by atoms with E-state index in [1.54, 1.807) is 0 Å². The molecule has 3 unspecified atom stereocenters. The maximum absolute atomic E-state index is 12.8. The van der Waals surface area contributed by atoms with Gasteiger partial charge in [-0.15, -0.1) is 0 Å².